The molecule has 0 amide bonds. The Hall–Kier alpha value is -1.62. The van der Waals surface area contributed by atoms with Crippen LogP contribution in [0.1, 0.15) is 40.0 Å². The maximum absolute atomic E-state index is 12.4. The van der Waals surface area contributed by atoms with Crippen LogP contribution >= 0.6 is 11.8 Å². The van der Waals surface area contributed by atoms with Crippen molar-refractivity contribution < 1.29 is 9.53 Å². The zero-order valence-corrected chi connectivity index (χ0v) is 16.0. The normalized spacial score (nSPS) is 23.8. The van der Waals surface area contributed by atoms with E-state index in [0.717, 1.165) is 28.8 Å². The third-order valence-corrected chi connectivity index (χ3v) is 6.06. The third kappa shape index (κ3) is 4.51. The molecule has 1 fully saturated rings. The molecule has 1 aromatic carbocycles. The number of para-hydroxylation sites is 1. The van der Waals surface area contributed by atoms with Crippen LogP contribution < -0.4 is 0 Å². The molecule has 0 bridgehead atoms. The molecule has 0 unspecified atom stereocenters. The number of benzene rings is 1. The van der Waals surface area contributed by atoms with E-state index in [2.05, 4.69) is 30.7 Å². The lowest BCUT2D eigenvalue weighted by Gasteiger charge is -2.36. The molecule has 0 saturated heterocycles. The summed E-state index contributed by atoms with van der Waals surface area (Å²) in [5.41, 5.74) is 0.898. The lowest BCUT2D eigenvalue weighted by molar-refractivity contribution is -0.152. The molecule has 3 atom stereocenters. The highest BCUT2D eigenvalue weighted by molar-refractivity contribution is 8.00. The Labute approximate surface area is 153 Å². The molecule has 3 rings (SSSR count). The van der Waals surface area contributed by atoms with Gasteiger partial charge in [-0.2, -0.15) is 0 Å². The quantitative estimate of drug-likeness (QED) is 0.439. The summed E-state index contributed by atoms with van der Waals surface area (Å²) in [4.78, 5) is 21.0. The monoisotopic (exact) mass is 358 g/mol. The topological polar surface area (TPSA) is 52.1 Å². The van der Waals surface area contributed by atoms with Crippen molar-refractivity contribution in [3.63, 3.8) is 0 Å². The predicted molar refractivity (Wildman–Crippen MR) is 101 cm³/mol. The molecule has 134 valence electrons. The smallest absolute Gasteiger partial charge is 0.316 e. The van der Waals surface area contributed by atoms with E-state index in [0.29, 0.717) is 17.8 Å². The van der Waals surface area contributed by atoms with Crippen LogP contribution in [0, 0.1) is 17.8 Å². The Balaban J connectivity index is 1.62. The zero-order valence-electron chi connectivity index (χ0n) is 15.1. The number of esters is 1. The number of aromatic nitrogens is 2. The van der Waals surface area contributed by atoms with Gasteiger partial charge < -0.3 is 4.74 Å². The first-order valence-corrected chi connectivity index (χ1v) is 10.0. The van der Waals surface area contributed by atoms with Crippen LogP contribution in [0.25, 0.3) is 10.9 Å². The summed E-state index contributed by atoms with van der Waals surface area (Å²) in [6, 6.07) is 7.86. The van der Waals surface area contributed by atoms with E-state index in [1.807, 2.05) is 24.3 Å². The van der Waals surface area contributed by atoms with Crippen LogP contribution in [0.2, 0.25) is 0 Å². The zero-order chi connectivity index (χ0) is 17.8. The minimum Gasteiger partial charge on any atom is -0.461 e. The molecule has 1 saturated carbocycles. The van der Waals surface area contributed by atoms with Crippen LogP contribution in [0.15, 0.2) is 35.6 Å². The fraction of sp³-hybridized carbons (Fsp3) is 0.550. The molecule has 1 heterocycles. The van der Waals surface area contributed by atoms with Gasteiger partial charge in [-0.3, -0.25) is 4.79 Å². The van der Waals surface area contributed by atoms with E-state index in [9.17, 15) is 4.79 Å². The van der Waals surface area contributed by atoms with Crippen molar-refractivity contribution in [2.45, 2.75) is 51.2 Å². The van der Waals surface area contributed by atoms with E-state index in [1.165, 1.54) is 18.2 Å². The number of carbonyl (C=O) groups is 1. The standard InChI is InChI=1S/C20H26N2O2S/c1-13(2)15-9-8-14(3)10-18(15)24-19(23)11-25-20-16-6-4-5-7-17(16)21-12-22-20/h4-7,12-15,18H,8-11H2,1-3H3/t14-,15+,18+/m1/s1. The van der Waals surface area contributed by atoms with Crippen LogP contribution in [-0.4, -0.2) is 27.8 Å². The number of thioether (sulfide) groups is 1. The molecule has 4 nitrogen and oxygen atoms in total. The van der Waals surface area contributed by atoms with Crippen LogP contribution in [0.5, 0.6) is 0 Å². The SMILES string of the molecule is CC(C)[C@@H]1CC[C@@H](C)C[C@@H]1OC(=O)CSc1ncnc2ccccc12. The molecule has 0 aliphatic heterocycles. The van der Waals surface area contributed by atoms with Gasteiger partial charge in [-0.15, -0.1) is 0 Å². The Morgan fingerprint density at radius 2 is 2.08 bits per heavy atom. The lowest BCUT2D eigenvalue weighted by atomic mass is 9.75. The largest absolute Gasteiger partial charge is 0.461 e. The highest BCUT2D eigenvalue weighted by Crippen LogP contribution is 2.35. The average Bonchev–Trinajstić information content (AvgIpc) is 2.59. The van der Waals surface area contributed by atoms with Gasteiger partial charge in [0.05, 0.1) is 11.3 Å². The summed E-state index contributed by atoms with van der Waals surface area (Å²) in [6.45, 7) is 6.70. The van der Waals surface area contributed by atoms with Crippen molar-refractivity contribution in [1.29, 1.82) is 0 Å². The number of rotatable bonds is 5. The summed E-state index contributed by atoms with van der Waals surface area (Å²) in [6.07, 6.45) is 4.97. The van der Waals surface area contributed by atoms with Crippen molar-refractivity contribution in [2.24, 2.45) is 17.8 Å². The molecule has 1 aromatic heterocycles. The number of ether oxygens (including phenoxy) is 1. The third-order valence-electron chi connectivity index (χ3n) is 5.08. The van der Waals surface area contributed by atoms with E-state index >= 15 is 0 Å². The second kappa shape index (κ2) is 8.17. The minimum atomic E-state index is -0.141. The van der Waals surface area contributed by atoms with Gasteiger partial charge in [0.1, 0.15) is 17.5 Å². The summed E-state index contributed by atoms with van der Waals surface area (Å²) < 4.78 is 5.87. The van der Waals surface area contributed by atoms with E-state index in [4.69, 9.17) is 4.74 Å². The molecule has 2 aromatic rings. The molecule has 25 heavy (non-hydrogen) atoms. The summed E-state index contributed by atoms with van der Waals surface area (Å²) in [7, 11) is 0. The Morgan fingerprint density at radius 3 is 2.88 bits per heavy atom. The fourth-order valence-electron chi connectivity index (χ4n) is 3.68. The van der Waals surface area contributed by atoms with Gasteiger partial charge in [0.2, 0.25) is 0 Å². The number of carbonyl (C=O) groups excluding carboxylic acids is 1. The Bertz CT molecular complexity index is 729. The van der Waals surface area contributed by atoms with Gasteiger partial charge in [0.15, 0.2) is 0 Å². The van der Waals surface area contributed by atoms with Gasteiger partial charge in [-0.1, -0.05) is 57.2 Å². The van der Waals surface area contributed by atoms with Crippen molar-refractivity contribution in [2.75, 3.05) is 5.75 Å². The molecule has 0 radical (unpaired) electrons. The second-order valence-corrected chi connectivity index (χ2v) is 8.30. The summed E-state index contributed by atoms with van der Waals surface area (Å²) in [5.74, 6) is 1.80. The van der Waals surface area contributed by atoms with E-state index in [-0.39, 0.29) is 17.8 Å². The number of nitrogens with zero attached hydrogens (tertiary/aromatic N) is 2. The molecule has 1 aliphatic rings. The highest BCUT2D eigenvalue weighted by atomic mass is 32.2. The first-order valence-electron chi connectivity index (χ1n) is 9.06. The molecule has 0 N–H and O–H groups in total. The molecular weight excluding hydrogens is 332 g/mol. The number of hydrogen-bond donors (Lipinski definition) is 0. The van der Waals surface area contributed by atoms with Crippen molar-refractivity contribution in [3.05, 3.63) is 30.6 Å². The van der Waals surface area contributed by atoms with Crippen LogP contribution in [-0.2, 0) is 9.53 Å². The summed E-state index contributed by atoms with van der Waals surface area (Å²) in [5, 5.41) is 1.81. The maximum atomic E-state index is 12.4. The first kappa shape index (κ1) is 18.2. The van der Waals surface area contributed by atoms with Gasteiger partial charge >= 0.3 is 5.97 Å². The molecule has 0 spiro atoms. The second-order valence-electron chi connectivity index (χ2n) is 7.34. The first-order chi connectivity index (χ1) is 12.0. The van der Waals surface area contributed by atoms with Crippen molar-refractivity contribution in [3.8, 4) is 0 Å². The molecule has 1 aliphatic carbocycles. The van der Waals surface area contributed by atoms with Gasteiger partial charge in [-0.25, -0.2) is 9.97 Å². The Morgan fingerprint density at radius 1 is 1.28 bits per heavy atom. The maximum Gasteiger partial charge on any atom is 0.316 e. The minimum absolute atomic E-state index is 0.0546. The van der Waals surface area contributed by atoms with Gasteiger partial charge in [0.25, 0.3) is 0 Å². The van der Waals surface area contributed by atoms with Crippen molar-refractivity contribution >= 4 is 28.6 Å². The lowest BCUT2D eigenvalue weighted by Crippen LogP contribution is -2.36. The van der Waals surface area contributed by atoms with Crippen LogP contribution in [0.4, 0.5) is 0 Å². The average molecular weight is 359 g/mol. The number of hydrogen-bond acceptors (Lipinski definition) is 5. The fourth-order valence-corrected chi connectivity index (χ4v) is 4.45. The molecule has 5 heteroatoms. The van der Waals surface area contributed by atoms with E-state index < -0.39 is 0 Å². The van der Waals surface area contributed by atoms with E-state index in [1.54, 1.807) is 6.33 Å². The predicted octanol–water partition coefficient (Wildman–Crippen LogP) is 4.73. The molecular formula is C20H26N2O2S. The van der Waals surface area contributed by atoms with Crippen LogP contribution in [0.3, 0.4) is 0 Å². The summed E-state index contributed by atoms with van der Waals surface area (Å²) >= 11 is 1.43. The van der Waals surface area contributed by atoms with Crippen molar-refractivity contribution in [1.82, 2.24) is 9.97 Å². The van der Waals surface area contributed by atoms with Gasteiger partial charge in [-0.05, 0) is 36.7 Å². The van der Waals surface area contributed by atoms with Gasteiger partial charge in [0, 0.05) is 5.39 Å². The number of fused-ring (bicyclic) bond motifs is 1. The Kier molecular flexibility index (Phi) is 5.94. The highest BCUT2D eigenvalue weighted by Gasteiger charge is 2.33.